The van der Waals surface area contributed by atoms with E-state index in [2.05, 4.69) is 11.8 Å². The van der Waals surface area contributed by atoms with E-state index < -0.39 is 0 Å². The first-order valence-electron chi connectivity index (χ1n) is 7.32. The van der Waals surface area contributed by atoms with Crippen molar-refractivity contribution in [3.63, 3.8) is 0 Å². The Balaban J connectivity index is 1.94. The zero-order valence-electron chi connectivity index (χ0n) is 10.8. The smallest absolute Gasteiger partial charge is 0.0221 e. The molecular formula is C14H28N2. The molecule has 2 heteroatoms. The number of nitrogens with zero attached hydrogens (tertiary/aromatic N) is 1. The summed E-state index contributed by atoms with van der Waals surface area (Å²) in [6, 6.07) is 1.56. The predicted octanol–water partition coefficient (Wildman–Crippen LogP) is 2.77. The van der Waals surface area contributed by atoms with Crippen LogP contribution in [0.4, 0.5) is 0 Å². The second kappa shape index (κ2) is 6.02. The first kappa shape index (κ1) is 12.4. The molecular weight excluding hydrogens is 196 g/mol. The Bertz CT molecular complexity index is 205. The monoisotopic (exact) mass is 224 g/mol. The van der Waals surface area contributed by atoms with Gasteiger partial charge in [-0.3, -0.25) is 4.90 Å². The van der Waals surface area contributed by atoms with Crippen LogP contribution in [-0.2, 0) is 0 Å². The molecule has 1 heterocycles. The zero-order valence-corrected chi connectivity index (χ0v) is 10.8. The lowest BCUT2D eigenvalue weighted by atomic mass is 9.90. The molecule has 0 spiro atoms. The van der Waals surface area contributed by atoms with E-state index in [4.69, 9.17) is 5.73 Å². The summed E-state index contributed by atoms with van der Waals surface area (Å²) in [5.74, 6) is 1.00. The first-order valence-corrected chi connectivity index (χ1v) is 7.32. The number of hydrogen-bond donors (Lipinski definition) is 1. The molecule has 0 bridgehead atoms. The maximum Gasteiger partial charge on any atom is 0.0221 e. The van der Waals surface area contributed by atoms with Crippen LogP contribution in [0, 0.1) is 5.92 Å². The molecule has 94 valence electrons. The fraction of sp³-hybridized carbons (Fsp3) is 1.00. The maximum atomic E-state index is 5.99. The van der Waals surface area contributed by atoms with Crippen LogP contribution >= 0.6 is 0 Å². The van der Waals surface area contributed by atoms with Crippen molar-refractivity contribution >= 4 is 0 Å². The Labute approximate surface area is 101 Å². The van der Waals surface area contributed by atoms with Gasteiger partial charge in [0.15, 0.2) is 0 Å². The third kappa shape index (κ3) is 2.60. The van der Waals surface area contributed by atoms with Crippen LogP contribution in [0.3, 0.4) is 0 Å². The van der Waals surface area contributed by atoms with E-state index in [0.29, 0.717) is 6.04 Å². The molecule has 16 heavy (non-hydrogen) atoms. The Kier molecular flexibility index (Phi) is 4.66. The van der Waals surface area contributed by atoms with Crippen LogP contribution in [-0.4, -0.2) is 30.1 Å². The molecule has 2 nitrogen and oxygen atoms in total. The van der Waals surface area contributed by atoms with Crippen molar-refractivity contribution < 1.29 is 0 Å². The fourth-order valence-corrected chi connectivity index (χ4v) is 3.80. The van der Waals surface area contributed by atoms with Crippen molar-refractivity contribution in [3.8, 4) is 0 Å². The molecule has 2 fully saturated rings. The van der Waals surface area contributed by atoms with Crippen molar-refractivity contribution in [3.05, 3.63) is 0 Å². The summed E-state index contributed by atoms with van der Waals surface area (Å²) >= 11 is 0. The Hall–Kier alpha value is -0.0800. The summed E-state index contributed by atoms with van der Waals surface area (Å²) < 4.78 is 0. The highest BCUT2D eigenvalue weighted by molar-refractivity contribution is 4.92. The van der Waals surface area contributed by atoms with Crippen molar-refractivity contribution in [2.24, 2.45) is 11.7 Å². The van der Waals surface area contributed by atoms with Crippen molar-refractivity contribution in [2.45, 2.75) is 70.4 Å². The van der Waals surface area contributed by atoms with E-state index in [1.165, 1.54) is 57.9 Å². The highest BCUT2D eigenvalue weighted by Gasteiger charge is 2.37. The first-order chi connectivity index (χ1) is 7.86. The summed E-state index contributed by atoms with van der Waals surface area (Å²) in [6.07, 6.45) is 11.2. The van der Waals surface area contributed by atoms with Crippen LogP contribution in [0.2, 0.25) is 0 Å². The summed E-state index contributed by atoms with van der Waals surface area (Å²) in [7, 11) is 0. The highest BCUT2D eigenvalue weighted by atomic mass is 15.2. The molecule has 2 rings (SSSR count). The van der Waals surface area contributed by atoms with E-state index in [-0.39, 0.29) is 0 Å². The molecule has 1 saturated carbocycles. The van der Waals surface area contributed by atoms with E-state index in [1.54, 1.807) is 0 Å². The SMILES string of the molecule is CCCCC(CN)N1CCCC2CCCC21. The van der Waals surface area contributed by atoms with E-state index in [9.17, 15) is 0 Å². The Morgan fingerprint density at radius 1 is 1.25 bits per heavy atom. The van der Waals surface area contributed by atoms with Crippen LogP contribution in [0.25, 0.3) is 0 Å². The lowest BCUT2D eigenvalue weighted by molar-refractivity contribution is 0.0656. The molecule has 2 N–H and O–H groups in total. The number of likely N-dealkylation sites (tertiary alicyclic amines) is 1. The molecule has 1 aliphatic carbocycles. The lowest BCUT2D eigenvalue weighted by Gasteiger charge is -2.42. The van der Waals surface area contributed by atoms with Gasteiger partial charge in [-0.05, 0) is 44.6 Å². The Morgan fingerprint density at radius 2 is 2.06 bits per heavy atom. The van der Waals surface area contributed by atoms with Gasteiger partial charge in [-0.25, -0.2) is 0 Å². The standard InChI is InChI=1S/C14H28N2/c1-2-3-8-13(11-15)16-10-5-7-12-6-4-9-14(12)16/h12-14H,2-11,15H2,1H3. The number of hydrogen-bond acceptors (Lipinski definition) is 2. The van der Waals surface area contributed by atoms with Crippen molar-refractivity contribution in [2.75, 3.05) is 13.1 Å². The van der Waals surface area contributed by atoms with Gasteiger partial charge in [-0.2, -0.15) is 0 Å². The normalized spacial score (nSPS) is 32.6. The summed E-state index contributed by atoms with van der Waals surface area (Å²) in [4.78, 5) is 2.77. The quantitative estimate of drug-likeness (QED) is 0.778. The molecule has 3 atom stereocenters. The fourth-order valence-electron chi connectivity index (χ4n) is 3.80. The van der Waals surface area contributed by atoms with Gasteiger partial charge in [0.1, 0.15) is 0 Å². The minimum Gasteiger partial charge on any atom is -0.329 e. The minimum atomic E-state index is 0.672. The van der Waals surface area contributed by atoms with Gasteiger partial charge in [0.25, 0.3) is 0 Å². The number of nitrogens with two attached hydrogens (primary N) is 1. The lowest BCUT2D eigenvalue weighted by Crippen LogP contribution is -2.51. The molecule has 0 radical (unpaired) electrons. The third-order valence-corrected chi connectivity index (χ3v) is 4.67. The number of unbranched alkanes of at least 4 members (excludes halogenated alkanes) is 1. The Morgan fingerprint density at radius 3 is 2.81 bits per heavy atom. The minimum absolute atomic E-state index is 0.672. The second-order valence-corrected chi connectivity index (χ2v) is 5.67. The predicted molar refractivity (Wildman–Crippen MR) is 69.4 cm³/mol. The van der Waals surface area contributed by atoms with Crippen LogP contribution < -0.4 is 5.73 Å². The average Bonchev–Trinajstić information content (AvgIpc) is 2.78. The van der Waals surface area contributed by atoms with Gasteiger partial charge >= 0.3 is 0 Å². The van der Waals surface area contributed by atoms with Crippen molar-refractivity contribution in [1.82, 2.24) is 4.90 Å². The summed E-state index contributed by atoms with van der Waals surface area (Å²) in [6.45, 7) is 4.46. The van der Waals surface area contributed by atoms with Crippen molar-refractivity contribution in [1.29, 1.82) is 0 Å². The summed E-state index contributed by atoms with van der Waals surface area (Å²) in [5, 5.41) is 0. The molecule has 1 aliphatic heterocycles. The molecule has 0 aromatic heterocycles. The van der Waals surface area contributed by atoms with Crippen LogP contribution in [0.1, 0.15) is 58.3 Å². The topological polar surface area (TPSA) is 29.3 Å². The number of fused-ring (bicyclic) bond motifs is 1. The molecule has 1 saturated heterocycles. The molecule has 0 aromatic carbocycles. The van der Waals surface area contributed by atoms with Gasteiger partial charge in [-0.1, -0.05) is 26.2 Å². The van der Waals surface area contributed by atoms with Gasteiger partial charge in [-0.15, -0.1) is 0 Å². The third-order valence-electron chi connectivity index (χ3n) is 4.67. The molecule has 3 unspecified atom stereocenters. The molecule has 0 amide bonds. The van der Waals surface area contributed by atoms with E-state index >= 15 is 0 Å². The highest BCUT2D eigenvalue weighted by Crippen LogP contribution is 2.38. The van der Waals surface area contributed by atoms with Gasteiger partial charge in [0, 0.05) is 18.6 Å². The number of piperidine rings is 1. The van der Waals surface area contributed by atoms with Crippen LogP contribution in [0.5, 0.6) is 0 Å². The van der Waals surface area contributed by atoms with Crippen LogP contribution in [0.15, 0.2) is 0 Å². The molecule has 2 aliphatic rings. The summed E-state index contributed by atoms with van der Waals surface area (Å²) in [5.41, 5.74) is 5.99. The van der Waals surface area contributed by atoms with Gasteiger partial charge in [0.05, 0.1) is 0 Å². The van der Waals surface area contributed by atoms with E-state index in [0.717, 1.165) is 18.5 Å². The zero-order chi connectivity index (χ0) is 11.4. The van der Waals surface area contributed by atoms with Gasteiger partial charge < -0.3 is 5.73 Å². The maximum absolute atomic E-state index is 5.99. The largest absolute Gasteiger partial charge is 0.329 e. The molecule has 0 aromatic rings. The van der Waals surface area contributed by atoms with Gasteiger partial charge in [0.2, 0.25) is 0 Å². The average molecular weight is 224 g/mol. The number of rotatable bonds is 5. The second-order valence-electron chi connectivity index (χ2n) is 5.67. The van der Waals surface area contributed by atoms with E-state index in [1.807, 2.05) is 0 Å².